The van der Waals surface area contributed by atoms with Crippen LogP contribution in [0.4, 0.5) is 5.69 Å². The fourth-order valence-electron chi connectivity index (χ4n) is 16.5. The Bertz CT molecular complexity index is 3550. The van der Waals surface area contributed by atoms with Gasteiger partial charge in [-0.1, -0.05) is 141 Å². The molecule has 1 aromatic heterocycles. The minimum absolute atomic E-state index is 0.0297. The lowest BCUT2D eigenvalue weighted by molar-refractivity contribution is 0.122. The van der Waals surface area contributed by atoms with Gasteiger partial charge in [-0.15, -0.1) is 0 Å². The topological polar surface area (TPSA) is 75.7 Å². The summed E-state index contributed by atoms with van der Waals surface area (Å²) in [5, 5.41) is 5.27. The van der Waals surface area contributed by atoms with Gasteiger partial charge in [-0.3, -0.25) is 4.99 Å². The van der Waals surface area contributed by atoms with E-state index in [4.69, 9.17) is 24.5 Å². The van der Waals surface area contributed by atoms with E-state index >= 15 is 0 Å². The van der Waals surface area contributed by atoms with Crippen LogP contribution in [0.3, 0.4) is 0 Å². The Morgan fingerprint density at radius 2 is 1.53 bits per heavy atom. The van der Waals surface area contributed by atoms with Crippen LogP contribution in [0.15, 0.2) is 206 Å². The number of hydrogen-bond donors (Lipinski definition) is 1. The van der Waals surface area contributed by atoms with E-state index in [-0.39, 0.29) is 42.2 Å². The third-order valence-corrected chi connectivity index (χ3v) is 20.6. The normalized spacial score (nSPS) is 34.1. The number of hydrogen-bond acceptors (Lipinski definition) is 7. The number of ether oxygens (including phenoxy) is 2. The zero-order chi connectivity index (χ0) is 51.6. The molecule has 0 amide bonds. The minimum Gasteiger partial charge on any atom is -0.494 e. The molecule has 1 saturated carbocycles. The standard InChI is InChI=1S/C70H70N6O2/c1-41-26-29-49(32-42(41)2)76-60-25-15-13-23-51(60)55-37-57-53-31-28-46(35-64(53)78-66(57)39-62(55)76)67-58(70-73-68(43-16-6-3-7-17-43)72-69(74-70)44-18-8-4-9-19-44)33-47(40-71-67)45-27-30-52-56-36-54-50-22-12-14-24-59(50)75(48-20-10-5-11-21-48)61(54)38-65(56)77-63(52)34-45/h3-11,13-21,23-25,27,31,33-34,39-42,46,49-50,52,56-59,64-65,67-68H,12,22,26,28-30,32,35-38H2,1-2H3,(H,72,73,74). The molecule has 6 heterocycles. The summed E-state index contributed by atoms with van der Waals surface area (Å²) >= 11 is 0. The quantitative estimate of drug-likeness (QED) is 0.165. The number of aliphatic imine (C=N–C) groups is 3. The minimum atomic E-state index is -0.383. The summed E-state index contributed by atoms with van der Waals surface area (Å²) < 4.78 is 17.1. The first-order valence-electron chi connectivity index (χ1n) is 29.7. The Kier molecular flexibility index (Phi) is 11.3. The Labute approximate surface area is 459 Å². The van der Waals surface area contributed by atoms with Gasteiger partial charge in [0.05, 0.1) is 18.0 Å². The van der Waals surface area contributed by atoms with Gasteiger partial charge >= 0.3 is 0 Å². The van der Waals surface area contributed by atoms with Crippen LogP contribution in [-0.2, 0) is 15.9 Å². The molecule has 6 aliphatic carbocycles. The van der Waals surface area contributed by atoms with Crippen molar-refractivity contribution in [1.82, 2.24) is 9.88 Å². The molecule has 5 aromatic rings. The number of fused-ring (bicyclic) bond motifs is 11. The average molecular weight is 1030 g/mol. The Balaban J connectivity index is 0.712. The number of aromatic nitrogens is 1. The maximum Gasteiger partial charge on any atom is 0.169 e. The number of amidine groups is 2. The number of benzene rings is 4. The van der Waals surface area contributed by atoms with Crippen LogP contribution in [-0.4, -0.2) is 46.7 Å². The second-order valence-electron chi connectivity index (χ2n) is 24.8. The lowest BCUT2D eigenvalue weighted by atomic mass is 9.71. The first-order chi connectivity index (χ1) is 38.5. The summed E-state index contributed by atoms with van der Waals surface area (Å²) in [7, 11) is 0. The number of anilines is 1. The molecule has 4 aromatic carbocycles. The number of rotatable bonds is 7. The summed E-state index contributed by atoms with van der Waals surface area (Å²) in [6, 6.07) is 42.3. The second-order valence-corrected chi connectivity index (χ2v) is 24.8. The van der Waals surface area contributed by atoms with Crippen molar-refractivity contribution >= 4 is 40.6 Å². The van der Waals surface area contributed by atoms with E-state index in [1.165, 1.54) is 76.8 Å². The van der Waals surface area contributed by atoms with Gasteiger partial charge in [0.2, 0.25) is 0 Å². The zero-order valence-corrected chi connectivity index (χ0v) is 45.0. The number of nitrogens with one attached hydrogen (secondary N) is 1. The molecule has 14 unspecified atom stereocenters. The molecule has 78 heavy (non-hydrogen) atoms. The molecule has 11 aliphatic rings. The highest BCUT2D eigenvalue weighted by molar-refractivity contribution is 6.12. The molecule has 0 spiro atoms. The van der Waals surface area contributed by atoms with Gasteiger partial charge in [0.25, 0.3) is 0 Å². The summed E-state index contributed by atoms with van der Waals surface area (Å²) in [6.07, 6.45) is 31.4. The maximum atomic E-state index is 7.24. The molecule has 2 saturated heterocycles. The first-order valence-corrected chi connectivity index (χ1v) is 29.7. The van der Waals surface area contributed by atoms with Gasteiger partial charge in [0, 0.05) is 82.0 Å². The number of para-hydroxylation sites is 2. The summed E-state index contributed by atoms with van der Waals surface area (Å²) in [6.45, 7) is 4.90. The van der Waals surface area contributed by atoms with Crippen molar-refractivity contribution in [2.24, 2.45) is 62.3 Å². The highest BCUT2D eigenvalue weighted by atomic mass is 16.5. The predicted octanol–water partition coefficient (Wildman–Crippen LogP) is 14.8. The van der Waals surface area contributed by atoms with E-state index in [2.05, 4.69) is 193 Å². The van der Waals surface area contributed by atoms with Gasteiger partial charge in [-0.2, -0.15) is 0 Å². The molecule has 1 N–H and O–H groups in total. The van der Waals surface area contributed by atoms with Crippen molar-refractivity contribution in [3.05, 3.63) is 214 Å². The molecular weight excluding hydrogens is 957 g/mol. The van der Waals surface area contributed by atoms with E-state index < -0.39 is 0 Å². The zero-order valence-electron chi connectivity index (χ0n) is 45.0. The highest BCUT2D eigenvalue weighted by Crippen LogP contribution is 2.57. The van der Waals surface area contributed by atoms with Crippen molar-refractivity contribution in [2.45, 2.75) is 121 Å². The molecule has 392 valence electrons. The van der Waals surface area contributed by atoms with Crippen molar-refractivity contribution in [3.63, 3.8) is 0 Å². The lowest BCUT2D eigenvalue weighted by Gasteiger charge is -2.37. The molecule has 8 nitrogen and oxygen atoms in total. The average Bonchev–Trinajstić information content (AvgIpc) is 4.42. The lowest BCUT2D eigenvalue weighted by Crippen LogP contribution is -2.46. The summed E-state index contributed by atoms with van der Waals surface area (Å²) in [4.78, 5) is 19.2. The van der Waals surface area contributed by atoms with Crippen molar-refractivity contribution in [1.29, 1.82) is 0 Å². The number of allylic oxidation sites excluding steroid dienone is 8. The smallest absolute Gasteiger partial charge is 0.169 e. The van der Waals surface area contributed by atoms with Crippen molar-refractivity contribution in [2.75, 3.05) is 4.90 Å². The molecule has 14 atom stereocenters. The van der Waals surface area contributed by atoms with Crippen LogP contribution in [0.5, 0.6) is 0 Å². The molecular formula is C70H70N6O2. The molecule has 16 rings (SSSR count). The SMILES string of the molecule is CC1CCC(n2c3c(c4ccccc42)CC2C(=C3)OC3CC(C4N=CC(C5=CCC6C(=C5)OC5CC7=C(CC56)C5CCC=CC5N7c5ccccc5)=CC4C4=NC(c5ccccc5)N=C(c5ccccc5)N4)CC=C32)CC1C. The van der Waals surface area contributed by atoms with Crippen molar-refractivity contribution in [3.8, 4) is 0 Å². The van der Waals surface area contributed by atoms with Crippen LogP contribution in [0, 0.1) is 47.3 Å². The Morgan fingerprint density at radius 1 is 0.705 bits per heavy atom. The first kappa shape index (κ1) is 46.9. The monoisotopic (exact) mass is 1030 g/mol. The highest BCUT2D eigenvalue weighted by Gasteiger charge is 2.52. The Morgan fingerprint density at radius 3 is 2.38 bits per heavy atom. The molecule has 3 fully saturated rings. The largest absolute Gasteiger partial charge is 0.494 e. The third kappa shape index (κ3) is 7.69. The summed E-state index contributed by atoms with van der Waals surface area (Å²) in [5.74, 6) is 7.45. The van der Waals surface area contributed by atoms with Gasteiger partial charge in [0.1, 0.15) is 35.4 Å². The van der Waals surface area contributed by atoms with Crippen LogP contribution >= 0.6 is 0 Å². The molecule has 0 radical (unpaired) electrons. The number of dihydropyridines is 1. The van der Waals surface area contributed by atoms with Crippen LogP contribution in [0.1, 0.15) is 113 Å². The molecule has 8 heteroatoms. The van der Waals surface area contributed by atoms with Gasteiger partial charge < -0.3 is 24.3 Å². The van der Waals surface area contributed by atoms with E-state index in [0.717, 1.165) is 84.3 Å². The van der Waals surface area contributed by atoms with Crippen LogP contribution in [0.2, 0.25) is 0 Å². The van der Waals surface area contributed by atoms with E-state index in [1.54, 1.807) is 5.57 Å². The Hall–Kier alpha value is -7.19. The fraction of sp³-hybridized carbons (Fsp3) is 0.386. The van der Waals surface area contributed by atoms with Gasteiger partial charge in [-0.05, 0) is 140 Å². The van der Waals surface area contributed by atoms with Gasteiger partial charge in [-0.25, -0.2) is 9.98 Å². The van der Waals surface area contributed by atoms with Crippen LogP contribution in [0.25, 0.3) is 17.0 Å². The molecule has 5 aliphatic heterocycles. The van der Waals surface area contributed by atoms with Crippen LogP contribution < -0.4 is 10.2 Å². The third-order valence-electron chi connectivity index (χ3n) is 20.6. The second kappa shape index (κ2) is 18.7. The molecule has 0 bridgehead atoms. The van der Waals surface area contributed by atoms with Crippen molar-refractivity contribution < 1.29 is 9.47 Å². The maximum absolute atomic E-state index is 7.24. The fourth-order valence-corrected chi connectivity index (χ4v) is 16.5. The predicted molar refractivity (Wildman–Crippen MR) is 314 cm³/mol. The van der Waals surface area contributed by atoms with E-state index in [1.807, 2.05) is 0 Å². The number of nitrogens with zero attached hydrogens (tertiary/aromatic N) is 5. The van der Waals surface area contributed by atoms with E-state index in [9.17, 15) is 0 Å². The van der Waals surface area contributed by atoms with Gasteiger partial charge in [0.15, 0.2) is 6.17 Å². The van der Waals surface area contributed by atoms with E-state index in [0.29, 0.717) is 35.8 Å². The summed E-state index contributed by atoms with van der Waals surface area (Å²) in [5.41, 5.74) is 14.7.